The number of hydrogen-bond acceptors (Lipinski definition) is 1. The van der Waals surface area contributed by atoms with Crippen molar-refractivity contribution in [1.82, 2.24) is 0 Å². The van der Waals surface area contributed by atoms with Gasteiger partial charge >= 0.3 is 0 Å². The van der Waals surface area contributed by atoms with Crippen LogP contribution in [0.4, 0.5) is 0 Å². The molecule has 3 unspecified atom stereocenters. The number of hydrogen-bond donors (Lipinski definition) is 0. The first kappa shape index (κ1) is 14.4. The Hall–Kier alpha value is -0.0400. The highest BCUT2D eigenvalue weighted by molar-refractivity contribution is 4.84. The van der Waals surface area contributed by atoms with E-state index in [0.717, 1.165) is 23.7 Å². The lowest BCUT2D eigenvalue weighted by Gasteiger charge is -2.40. The second kappa shape index (κ2) is 6.93. The third-order valence-corrected chi connectivity index (χ3v) is 5.69. The van der Waals surface area contributed by atoms with Gasteiger partial charge in [-0.15, -0.1) is 0 Å². The van der Waals surface area contributed by atoms with Gasteiger partial charge in [0.1, 0.15) is 0 Å². The molecule has 1 nitrogen and oxygen atoms in total. The third kappa shape index (κ3) is 3.50. The highest BCUT2D eigenvalue weighted by Gasteiger charge is 2.33. The van der Waals surface area contributed by atoms with E-state index in [0.29, 0.717) is 6.10 Å². The van der Waals surface area contributed by atoms with Crippen molar-refractivity contribution in [1.29, 1.82) is 0 Å². The summed E-state index contributed by atoms with van der Waals surface area (Å²) in [5.74, 6) is 3.88. The van der Waals surface area contributed by atoms with Gasteiger partial charge in [-0.1, -0.05) is 39.5 Å². The number of rotatable bonds is 4. The summed E-state index contributed by atoms with van der Waals surface area (Å²) in [4.78, 5) is 0. The van der Waals surface area contributed by atoms with Gasteiger partial charge in [0.05, 0.1) is 6.10 Å². The maximum absolute atomic E-state index is 5.59. The van der Waals surface area contributed by atoms with E-state index in [1.807, 2.05) is 7.11 Å². The second-order valence-electron chi connectivity index (χ2n) is 6.89. The van der Waals surface area contributed by atoms with Gasteiger partial charge in [-0.2, -0.15) is 0 Å². The van der Waals surface area contributed by atoms with E-state index < -0.39 is 0 Å². The lowest BCUT2D eigenvalue weighted by atomic mass is 9.68. The average molecular weight is 252 g/mol. The number of ether oxygens (including phenoxy) is 1. The van der Waals surface area contributed by atoms with Crippen LogP contribution in [0.2, 0.25) is 0 Å². The first-order valence-corrected chi connectivity index (χ1v) is 8.27. The van der Waals surface area contributed by atoms with E-state index in [-0.39, 0.29) is 0 Å². The van der Waals surface area contributed by atoms with Crippen LogP contribution in [0.1, 0.15) is 71.6 Å². The molecule has 0 aromatic rings. The van der Waals surface area contributed by atoms with Crippen molar-refractivity contribution in [3.63, 3.8) is 0 Å². The molecule has 0 amide bonds. The van der Waals surface area contributed by atoms with Crippen LogP contribution in [0.3, 0.4) is 0 Å². The molecular weight excluding hydrogens is 220 g/mol. The van der Waals surface area contributed by atoms with Crippen LogP contribution in [0.5, 0.6) is 0 Å². The van der Waals surface area contributed by atoms with E-state index >= 15 is 0 Å². The zero-order valence-electron chi connectivity index (χ0n) is 12.7. The van der Waals surface area contributed by atoms with Gasteiger partial charge in [-0.05, 0) is 55.8 Å². The van der Waals surface area contributed by atoms with Gasteiger partial charge in [0.25, 0.3) is 0 Å². The fourth-order valence-corrected chi connectivity index (χ4v) is 4.54. The molecule has 18 heavy (non-hydrogen) atoms. The molecule has 1 heteroatoms. The number of methoxy groups -OCH3 is 1. The monoisotopic (exact) mass is 252 g/mol. The minimum Gasteiger partial charge on any atom is -0.381 e. The minimum absolute atomic E-state index is 0.540. The summed E-state index contributed by atoms with van der Waals surface area (Å²) < 4.78 is 5.59. The first-order valence-electron chi connectivity index (χ1n) is 8.27. The zero-order chi connectivity index (χ0) is 13.0. The van der Waals surface area contributed by atoms with Crippen LogP contribution in [-0.4, -0.2) is 13.2 Å². The van der Waals surface area contributed by atoms with Crippen molar-refractivity contribution >= 4 is 0 Å². The van der Waals surface area contributed by atoms with Crippen LogP contribution >= 0.6 is 0 Å². The molecule has 2 fully saturated rings. The smallest absolute Gasteiger partial charge is 0.0597 e. The molecule has 3 atom stereocenters. The Morgan fingerprint density at radius 3 is 2.17 bits per heavy atom. The lowest BCUT2D eigenvalue weighted by Crippen LogP contribution is -2.33. The van der Waals surface area contributed by atoms with Crippen molar-refractivity contribution in [2.24, 2.45) is 23.7 Å². The summed E-state index contributed by atoms with van der Waals surface area (Å²) in [6.45, 7) is 4.73. The van der Waals surface area contributed by atoms with Crippen molar-refractivity contribution < 1.29 is 4.74 Å². The molecule has 0 heterocycles. The van der Waals surface area contributed by atoms with Crippen LogP contribution in [0.25, 0.3) is 0 Å². The standard InChI is InChI=1S/C17H32O/c1-4-5-14-6-8-15(9-7-14)16-10-11-17(18-3)13(2)12-16/h13-17H,4-12H2,1-3H3/t13?,14-,15-,16?,17?. The van der Waals surface area contributed by atoms with Gasteiger partial charge in [-0.3, -0.25) is 0 Å². The normalized spacial score (nSPS) is 41.8. The Balaban J connectivity index is 1.77. The predicted octanol–water partition coefficient (Wildman–Crippen LogP) is 5.04. The molecule has 0 spiro atoms. The maximum Gasteiger partial charge on any atom is 0.0597 e. The zero-order valence-corrected chi connectivity index (χ0v) is 12.7. The molecule has 0 radical (unpaired) electrons. The molecule has 2 aliphatic carbocycles. The van der Waals surface area contributed by atoms with Crippen LogP contribution in [0.15, 0.2) is 0 Å². The SMILES string of the molecule is CCC[C@H]1CC[C@H](C2CCC(OC)C(C)C2)CC1. The highest BCUT2D eigenvalue weighted by atomic mass is 16.5. The average Bonchev–Trinajstić information content (AvgIpc) is 2.40. The molecule has 106 valence electrons. The summed E-state index contributed by atoms with van der Waals surface area (Å²) >= 11 is 0. The van der Waals surface area contributed by atoms with Crippen molar-refractivity contribution in [3.05, 3.63) is 0 Å². The largest absolute Gasteiger partial charge is 0.381 e. The van der Waals surface area contributed by atoms with E-state index in [1.54, 1.807) is 0 Å². The van der Waals surface area contributed by atoms with Gasteiger partial charge in [0.2, 0.25) is 0 Å². The fraction of sp³-hybridized carbons (Fsp3) is 1.00. The Morgan fingerprint density at radius 2 is 1.61 bits per heavy atom. The van der Waals surface area contributed by atoms with Gasteiger partial charge in [-0.25, -0.2) is 0 Å². The van der Waals surface area contributed by atoms with E-state index in [9.17, 15) is 0 Å². The summed E-state index contributed by atoms with van der Waals surface area (Å²) in [5, 5.41) is 0. The Morgan fingerprint density at radius 1 is 0.944 bits per heavy atom. The van der Waals surface area contributed by atoms with Gasteiger partial charge in [0, 0.05) is 7.11 Å². The Labute approximate surface area is 114 Å². The summed E-state index contributed by atoms with van der Waals surface area (Å²) in [7, 11) is 1.89. The van der Waals surface area contributed by atoms with Crippen molar-refractivity contribution in [2.75, 3.05) is 7.11 Å². The molecule has 2 rings (SSSR count). The molecule has 2 aliphatic rings. The van der Waals surface area contributed by atoms with Crippen molar-refractivity contribution in [2.45, 2.75) is 77.7 Å². The molecule has 0 aliphatic heterocycles. The molecule has 0 aromatic carbocycles. The highest BCUT2D eigenvalue weighted by Crippen LogP contribution is 2.42. The van der Waals surface area contributed by atoms with Crippen LogP contribution in [-0.2, 0) is 4.74 Å². The molecule has 0 N–H and O–H groups in total. The molecule has 0 bridgehead atoms. The van der Waals surface area contributed by atoms with Crippen LogP contribution < -0.4 is 0 Å². The quantitative estimate of drug-likeness (QED) is 0.680. The van der Waals surface area contributed by atoms with Crippen molar-refractivity contribution in [3.8, 4) is 0 Å². The van der Waals surface area contributed by atoms with E-state index in [2.05, 4.69) is 13.8 Å². The summed E-state index contributed by atoms with van der Waals surface area (Å²) in [6, 6.07) is 0. The third-order valence-electron chi connectivity index (χ3n) is 5.69. The Kier molecular flexibility index (Phi) is 5.54. The molecule has 2 saturated carbocycles. The molecule has 0 aromatic heterocycles. The molecular formula is C17H32O. The summed E-state index contributed by atoms with van der Waals surface area (Å²) in [6.07, 6.45) is 13.6. The maximum atomic E-state index is 5.59. The topological polar surface area (TPSA) is 9.23 Å². The minimum atomic E-state index is 0.540. The van der Waals surface area contributed by atoms with Crippen LogP contribution in [0, 0.1) is 23.7 Å². The van der Waals surface area contributed by atoms with Gasteiger partial charge in [0.15, 0.2) is 0 Å². The molecule has 0 saturated heterocycles. The second-order valence-corrected chi connectivity index (χ2v) is 6.89. The van der Waals surface area contributed by atoms with E-state index in [1.165, 1.54) is 57.8 Å². The first-order chi connectivity index (χ1) is 8.74. The fourth-order valence-electron chi connectivity index (χ4n) is 4.54. The van der Waals surface area contributed by atoms with Gasteiger partial charge < -0.3 is 4.74 Å². The summed E-state index contributed by atoms with van der Waals surface area (Å²) in [5.41, 5.74) is 0. The Bertz CT molecular complexity index is 230. The van der Waals surface area contributed by atoms with E-state index in [4.69, 9.17) is 4.74 Å². The lowest BCUT2D eigenvalue weighted by molar-refractivity contribution is -0.000198. The predicted molar refractivity (Wildman–Crippen MR) is 77.7 cm³/mol.